The minimum Gasteiger partial charge on any atom is -0.403 e. The van der Waals surface area contributed by atoms with Crippen molar-refractivity contribution in [1.29, 1.82) is 0 Å². The molecule has 0 saturated carbocycles. The van der Waals surface area contributed by atoms with Crippen molar-refractivity contribution in [3.8, 4) is 0 Å². The monoisotopic (exact) mass is 157 g/mol. The number of hydrogen-bond donors (Lipinski definition) is 2. The van der Waals surface area contributed by atoms with E-state index in [4.69, 9.17) is 23.2 Å². The van der Waals surface area contributed by atoms with Crippen LogP contribution in [0.15, 0.2) is 35.3 Å². The van der Waals surface area contributed by atoms with Gasteiger partial charge >= 0.3 is 0 Å². The van der Waals surface area contributed by atoms with Gasteiger partial charge in [-0.05, 0) is 12.2 Å². The van der Waals surface area contributed by atoms with Crippen LogP contribution in [-0.2, 0) is 0 Å². The lowest BCUT2D eigenvalue weighted by Gasteiger charge is -2.17. The molecular formula is C6H8ClN3. The molecule has 0 atom stereocenters. The van der Waals surface area contributed by atoms with Crippen LogP contribution in [0.2, 0.25) is 0 Å². The molecule has 0 saturated heterocycles. The van der Waals surface area contributed by atoms with Crippen LogP contribution in [0.3, 0.4) is 0 Å². The summed E-state index contributed by atoms with van der Waals surface area (Å²) < 4.78 is 0. The Kier molecular flexibility index (Phi) is 1.99. The molecule has 1 heterocycles. The summed E-state index contributed by atoms with van der Waals surface area (Å²) in [6.45, 7) is 0. The first-order chi connectivity index (χ1) is 4.74. The Balaban J connectivity index is 2.88. The normalized spacial score (nSPS) is 21.6. The van der Waals surface area contributed by atoms with Crippen molar-refractivity contribution >= 4 is 11.6 Å². The summed E-state index contributed by atoms with van der Waals surface area (Å²) in [5.41, 5.74) is 5.92. The van der Waals surface area contributed by atoms with E-state index in [-0.39, 0.29) is 0 Å². The minimum absolute atomic E-state index is 0.624. The van der Waals surface area contributed by atoms with Crippen LogP contribution in [0.1, 0.15) is 0 Å². The molecule has 0 aliphatic carbocycles. The summed E-state index contributed by atoms with van der Waals surface area (Å²) in [5, 5.41) is 2.02. The lowest BCUT2D eigenvalue weighted by atomic mass is 10.3. The maximum Gasteiger partial charge on any atom is 0.0737 e. The summed E-state index contributed by atoms with van der Waals surface area (Å²) in [4.78, 5) is 0. The number of rotatable bonds is 0. The fourth-order valence-electron chi connectivity index (χ4n) is 0.636. The van der Waals surface area contributed by atoms with Crippen LogP contribution in [0.25, 0.3) is 0 Å². The average molecular weight is 158 g/mol. The van der Waals surface area contributed by atoms with Crippen LogP contribution in [0.4, 0.5) is 0 Å². The number of halogens is 1. The van der Waals surface area contributed by atoms with E-state index in [1.54, 1.807) is 18.4 Å². The lowest BCUT2D eigenvalue weighted by Crippen LogP contribution is -2.25. The van der Waals surface area contributed by atoms with Crippen molar-refractivity contribution in [2.45, 2.75) is 0 Å². The van der Waals surface area contributed by atoms with Crippen LogP contribution in [-0.4, -0.2) is 5.01 Å². The Morgan fingerprint density at radius 1 is 1.60 bits per heavy atom. The van der Waals surface area contributed by atoms with Gasteiger partial charge in [0.05, 0.1) is 5.70 Å². The quantitative estimate of drug-likeness (QED) is 0.507. The van der Waals surface area contributed by atoms with Crippen LogP contribution in [0.5, 0.6) is 0 Å². The second-order valence-corrected chi connectivity index (χ2v) is 2.28. The summed E-state index contributed by atoms with van der Waals surface area (Å²) in [5.74, 6) is 5.45. The van der Waals surface area contributed by atoms with Gasteiger partial charge in [-0.2, -0.15) is 0 Å². The molecule has 0 fully saturated rings. The van der Waals surface area contributed by atoms with Crippen LogP contribution < -0.4 is 11.6 Å². The van der Waals surface area contributed by atoms with E-state index in [1.807, 2.05) is 0 Å². The molecule has 0 unspecified atom stereocenters. The number of nitrogens with two attached hydrogens (primary N) is 2. The number of nitrogens with zero attached hydrogens (tertiary/aromatic N) is 1. The van der Waals surface area contributed by atoms with Gasteiger partial charge in [0.1, 0.15) is 0 Å². The SMILES string of the molecule is N/C=C1/C=C(Cl)C=CN1N. The third-order valence-electron chi connectivity index (χ3n) is 1.15. The first kappa shape index (κ1) is 7.18. The molecule has 0 amide bonds. The predicted molar refractivity (Wildman–Crippen MR) is 41.4 cm³/mol. The smallest absolute Gasteiger partial charge is 0.0737 e. The summed E-state index contributed by atoms with van der Waals surface area (Å²) in [7, 11) is 0. The van der Waals surface area contributed by atoms with Gasteiger partial charge in [-0.25, -0.2) is 5.84 Å². The van der Waals surface area contributed by atoms with Crippen molar-refractivity contribution in [2.75, 3.05) is 0 Å². The fraction of sp³-hybridized carbons (Fsp3) is 0. The zero-order chi connectivity index (χ0) is 7.56. The standard InChI is InChI=1S/C6H8ClN3/c7-5-1-2-10(9)6(3-5)4-8/h1-4H,8-9H2/b6-4-. The molecule has 1 rings (SSSR count). The zero-order valence-corrected chi connectivity index (χ0v) is 6.05. The first-order valence-electron chi connectivity index (χ1n) is 2.75. The van der Waals surface area contributed by atoms with Crippen molar-refractivity contribution < 1.29 is 0 Å². The van der Waals surface area contributed by atoms with Crippen LogP contribution >= 0.6 is 11.6 Å². The number of hydrogen-bond acceptors (Lipinski definition) is 3. The maximum absolute atomic E-state index is 5.65. The molecule has 54 valence electrons. The third kappa shape index (κ3) is 1.32. The molecule has 0 aromatic carbocycles. The first-order valence-corrected chi connectivity index (χ1v) is 3.13. The summed E-state index contributed by atoms with van der Waals surface area (Å²) >= 11 is 5.65. The van der Waals surface area contributed by atoms with Gasteiger partial charge < -0.3 is 5.73 Å². The molecule has 1 aliphatic heterocycles. The van der Waals surface area contributed by atoms with Gasteiger partial charge in [-0.1, -0.05) is 11.6 Å². The molecule has 0 aromatic rings. The number of hydrazine groups is 1. The Morgan fingerprint density at radius 2 is 2.30 bits per heavy atom. The molecule has 3 nitrogen and oxygen atoms in total. The molecular weight excluding hydrogens is 150 g/mol. The molecule has 4 heteroatoms. The van der Waals surface area contributed by atoms with E-state index in [0.29, 0.717) is 10.7 Å². The maximum atomic E-state index is 5.65. The van der Waals surface area contributed by atoms with Gasteiger partial charge in [0.25, 0.3) is 0 Å². The predicted octanol–water partition coefficient (Wildman–Crippen LogP) is 0.612. The number of allylic oxidation sites excluding steroid dienone is 3. The van der Waals surface area contributed by atoms with Gasteiger partial charge in [-0.15, -0.1) is 0 Å². The molecule has 0 spiro atoms. The summed E-state index contributed by atoms with van der Waals surface area (Å²) in [6, 6.07) is 0. The van der Waals surface area contributed by atoms with E-state index >= 15 is 0 Å². The minimum atomic E-state index is 0.624. The van der Waals surface area contributed by atoms with Gasteiger partial charge in [0.15, 0.2) is 0 Å². The van der Waals surface area contributed by atoms with Crippen molar-refractivity contribution in [3.63, 3.8) is 0 Å². The highest BCUT2D eigenvalue weighted by molar-refractivity contribution is 6.31. The fourth-order valence-corrected chi connectivity index (χ4v) is 0.804. The van der Waals surface area contributed by atoms with E-state index in [2.05, 4.69) is 0 Å². The van der Waals surface area contributed by atoms with Gasteiger partial charge in [0.2, 0.25) is 0 Å². The Hall–Kier alpha value is -0.930. The largest absolute Gasteiger partial charge is 0.403 e. The van der Waals surface area contributed by atoms with Gasteiger partial charge in [0, 0.05) is 17.4 Å². The second kappa shape index (κ2) is 2.77. The molecule has 4 N–H and O–H groups in total. The highest BCUT2D eigenvalue weighted by atomic mass is 35.5. The zero-order valence-electron chi connectivity index (χ0n) is 5.29. The molecule has 0 radical (unpaired) electrons. The van der Waals surface area contributed by atoms with Crippen molar-refractivity contribution in [3.05, 3.63) is 35.3 Å². The van der Waals surface area contributed by atoms with E-state index in [9.17, 15) is 0 Å². The topological polar surface area (TPSA) is 55.3 Å². The van der Waals surface area contributed by atoms with Crippen molar-refractivity contribution in [1.82, 2.24) is 5.01 Å². The van der Waals surface area contributed by atoms with E-state index in [0.717, 1.165) is 0 Å². The van der Waals surface area contributed by atoms with Crippen molar-refractivity contribution in [2.24, 2.45) is 11.6 Å². The van der Waals surface area contributed by atoms with Gasteiger partial charge in [-0.3, -0.25) is 5.01 Å². The Bertz CT molecular complexity index is 217. The molecule has 1 aliphatic rings. The van der Waals surface area contributed by atoms with E-state index in [1.165, 1.54) is 11.2 Å². The average Bonchev–Trinajstić information content (AvgIpc) is 1.94. The lowest BCUT2D eigenvalue weighted by molar-refractivity contribution is 0.502. The second-order valence-electron chi connectivity index (χ2n) is 1.84. The summed E-state index contributed by atoms with van der Waals surface area (Å²) in [6.07, 6.45) is 6.41. The highest BCUT2D eigenvalue weighted by Crippen LogP contribution is 2.14. The Labute approximate surface area is 64.2 Å². The molecule has 10 heavy (non-hydrogen) atoms. The van der Waals surface area contributed by atoms with Crippen LogP contribution in [0, 0.1) is 0 Å². The third-order valence-corrected chi connectivity index (χ3v) is 1.38. The molecule has 0 bridgehead atoms. The highest BCUT2D eigenvalue weighted by Gasteiger charge is 2.03. The Morgan fingerprint density at radius 3 is 2.80 bits per heavy atom. The van der Waals surface area contributed by atoms with E-state index < -0.39 is 0 Å². The molecule has 0 aromatic heterocycles.